The summed E-state index contributed by atoms with van der Waals surface area (Å²) in [6, 6.07) is 1.07. The Balaban J connectivity index is 1.90. The molecule has 2 fully saturated rings. The van der Waals surface area contributed by atoms with E-state index >= 15 is 0 Å². The van der Waals surface area contributed by atoms with Crippen molar-refractivity contribution in [2.45, 2.75) is 63.6 Å². The second kappa shape index (κ2) is 5.48. The molecule has 0 radical (unpaired) electrons. The van der Waals surface area contributed by atoms with Crippen molar-refractivity contribution in [3.8, 4) is 0 Å². The molecule has 0 bridgehead atoms. The summed E-state index contributed by atoms with van der Waals surface area (Å²) in [5.41, 5.74) is 6.20. The maximum Gasteiger partial charge on any atom is 0.0602 e. The van der Waals surface area contributed by atoms with E-state index < -0.39 is 0 Å². The molecular formula is C13H26N2O. The molecule has 0 aromatic carbocycles. The van der Waals surface area contributed by atoms with Crippen LogP contribution in [0.5, 0.6) is 0 Å². The van der Waals surface area contributed by atoms with Crippen molar-refractivity contribution in [1.82, 2.24) is 4.90 Å². The summed E-state index contributed by atoms with van der Waals surface area (Å²) < 4.78 is 0. The Morgan fingerprint density at radius 1 is 1.31 bits per heavy atom. The molecule has 2 aliphatic carbocycles. The van der Waals surface area contributed by atoms with Crippen LogP contribution in [0.1, 0.15) is 45.4 Å². The van der Waals surface area contributed by atoms with Gasteiger partial charge < -0.3 is 10.8 Å². The Bertz CT molecular complexity index is 214. The number of rotatable bonds is 8. The largest absolute Gasteiger partial charge is 0.395 e. The zero-order valence-electron chi connectivity index (χ0n) is 10.4. The predicted octanol–water partition coefficient (Wildman–Crippen LogP) is 1.35. The van der Waals surface area contributed by atoms with Crippen molar-refractivity contribution in [2.75, 3.05) is 13.2 Å². The van der Waals surface area contributed by atoms with Crippen LogP contribution in [0.25, 0.3) is 0 Å². The fourth-order valence-corrected chi connectivity index (χ4v) is 2.57. The topological polar surface area (TPSA) is 49.5 Å². The average Bonchev–Trinajstić information content (AvgIpc) is 3.13. The number of hydrogen-bond donors (Lipinski definition) is 2. The second-order valence-electron chi connectivity index (χ2n) is 5.57. The van der Waals surface area contributed by atoms with Gasteiger partial charge in [0.25, 0.3) is 0 Å². The van der Waals surface area contributed by atoms with Gasteiger partial charge in [0.05, 0.1) is 6.61 Å². The first-order chi connectivity index (χ1) is 7.76. The van der Waals surface area contributed by atoms with Gasteiger partial charge in [-0.05, 0) is 38.0 Å². The quantitative estimate of drug-likeness (QED) is 0.657. The standard InChI is InChI=1S/C13H26N2O/c1-2-3-12(14)13(9-16)15(11-6-7-11)8-10-4-5-10/h10-13,16H,2-9,14H2,1H3. The van der Waals surface area contributed by atoms with Crippen LogP contribution in [0.3, 0.4) is 0 Å². The van der Waals surface area contributed by atoms with Crippen molar-refractivity contribution in [3.63, 3.8) is 0 Å². The molecule has 2 unspecified atom stereocenters. The molecule has 0 aromatic heterocycles. The van der Waals surface area contributed by atoms with Gasteiger partial charge in [0, 0.05) is 24.7 Å². The molecule has 0 amide bonds. The second-order valence-corrected chi connectivity index (χ2v) is 5.57. The lowest BCUT2D eigenvalue weighted by Gasteiger charge is -2.34. The number of nitrogens with two attached hydrogens (primary N) is 1. The van der Waals surface area contributed by atoms with Gasteiger partial charge in [-0.25, -0.2) is 0 Å². The van der Waals surface area contributed by atoms with Gasteiger partial charge in [0.15, 0.2) is 0 Å². The van der Waals surface area contributed by atoms with E-state index in [1.165, 1.54) is 32.2 Å². The van der Waals surface area contributed by atoms with Gasteiger partial charge in [0.1, 0.15) is 0 Å². The van der Waals surface area contributed by atoms with Crippen molar-refractivity contribution < 1.29 is 5.11 Å². The highest BCUT2D eigenvalue weighted by atomic mass is 16.3. The van der Waals surface area contributed by atoms with E-state index in [0.717, 1.165) is 24.8 Å². The summed E-state index contributed by atoms with van der Waals surface area (Å²) in [5.74, 6) is 0.892. The summed E-state index contributed by atoms with van der Waals surface area (Å²) >= 11 is 0. The third-order valence-corrected chi connectivity index (χ3v) is 3.91. The zero-order chi connectivity index (χ0) is 11.5. The van der Waals surface area contributed by atoms with Crippen molar-refractivity contribution >= 4 is 0 Å². The molecule has 0 aromatic rings. The minimum atomic E-state index is 0.148. The van der Waals surface area contributed by atoms with Gasteiger partial charge >= 0.3 is 0 Å². The Labute approximate surface area is 99.0 Å². The first-order valence-electron chi connectivity index (χ1n) is 6.88. The normalized spacial score (nSPS) is 24.8. The fraction of sp³-hybridized carbons (Fsp3) is 1.00. The molecule has 2 rings (SSSR count). The molecule has 2 saturated carbocycles. The number of hydrogen-bond acceptors (Lipinski definition) is 3. The first-order valence-corrected chi connectivity index (χ1v) is 6.88. The van der Waals surface area contributed by atoms with Crippen LogP contribution in [-0.4, -0.2) is 41.3 Å². The zero-order valence-corrected chi connectivity index (χ0v) is 10.4. The fourth-order valence-electron chi connectivity index (χ4n) is 2.57. The summed E-state index contributed by atoms with van der Waals surface area (Å²) in [5, 5.41) is 9.58. The van der Waals surface area contributed by atoms with Crippen LogP contribution in [0.2, 0.25) is 0 Å². The highest BCUT2D eigenvalue weighted by Crippen LogP contribution is 2.36. The van der Waals surface area contributed by atoms with Crippen LogP contribution < -0.4 is 5.73 Å². The summed E-state index contributed by atoms with van der Waals surface area (Å²) in [6.45, 7) is 3.56. The lowest BCUT2D eigenvalue weighted by Crippen LogP contribution is -2.51. The van der Waals surface area contributed by atoms with E-state index in [4.69, 9.17) is 5.73 Å². The molecular weight excluding hydrogens is 200 g/mol. The maximum atomic E-state index is 9.58. The third-order valence-electron chi connectivity index (χ3n) is 3.91. The SMILES string of the molecule is CCCC(N)C(CO)N(CC1CC1)C1CC1. The molecule has 0 heterocycles. The maximum absolute atomic E-state index is 9.58. The minimum absolute atomic E-state index is 0.148. The van der Waals surface area contributed by atoms with Gasteiger partial charge in [-0.3, -0.25) is 4.90 Å². The number of aliphatic hydroxyl groups is 1. The number of aliphatic hydroxyl groups excluding tert-OH is 1. The molecule has 94 valence electrons. The Morgan fingerprint density at radius 2 is 2.00 bits per heavy atom. The van der Waals surface area contributed by atoms with Crippen molar-refractivity contribution in [3.05, 3.63) is 0 Å². The first kappa shape index (κ1) is 12.3. The van der Waals surface area contributed by atoms with E-state index in [1.807, 2.05) is 0 Å². The van der Waals surface area contributed by atoms with E-state index in [1.54, 1.807) is 0 Å². The molecule has 16 heavy (non-hydrogen) atoms. The Hall–Kier alpha value is -0.120. The summed E-state index contributed by atoms with van der Waals surface area (Å²) in [6.07, 6.45) is 7.51. The van der Waals surface area contributed by atoms with Crippen LogP contribution >= 0.6 is 0 Å². The molecule has 0 saturated heterocycles. The molecule has 3 heteroatoms. The van der Waals surface area contributed by atoms with E-state index in [0.29, 0.717) is 0 Å². The average molecular weight is 226 g/mol. The van der Waals surface area contributed by atoms with E-state index in [-0.39, 0.29) is 18.7 Å². The van der Waals surface area contributed by atoms with E-state index in [9.17, 15) is 5.11 Å². The van der Waals surface area contributed by atoms with Gasteiger partial charge in [-0.1, -0.05) is 13.3 Å². The van der Waals surface area contributed by atoms with Gasteiger partial charge in [-0.2, -0.15) is 0 Å². The smallest absolute Gasteiger partial charge is 0.0602 e. The summed E-state index contributed by atoms with van der Waals surface area (Å²) in [4.78, 5) is 2.51. The predicted molar refractivity (Wildman–Crippen MR) is 66.2 cm³/mol. The highest BCUT2D eigenvalue weighted by molar-refractivity contribution is 4.94. The lowest BCUT2D eigenvalue weighted by atomic mass is 10.0. The van der Waals surface area contributed by atoms with Crippen molar-refractivity contribution in [1.29, 1.82) is 0 Å². The third kappa shape index (κ3) is 3.19. The van der Waals surface area contributed by atoms with Crippen LogP contribution in [0.15, 0.2) is 0 Å². The highest BCUT2D eigenvalue weighted by Gasteiger charge is 2.38. The van der Waals surface area contributed by atoms with Gasteiger partial charge in [-0.15, -0.1) is 0 Å². The Kier molecular flexibility index (Phi) is 4.22. The molecule has 3 N–H and O–H groups in total. The molecule has 0 aliphatic heterocycles. The monoisotopic (exact) mass is 226 g/mol. The van der Waals surface area contributed by atoms with Crippen molar-refractivity contribution in [2.24, 2.45) is 11.7 Å². The minimum Gasteiger partial charge on any atom is -0.395 e. The van der Waals surface area contributed by atoms with Crippen LogP contribution in [-0.2, 0) is 0 Å². The van der Waals surface area contributed by atoms with Crippen LogP contribution in [0, 0.1) is 5.92 Å². The molecule has 3 nitrogen and oxygen atoms in total. The molecule has 2 atom stereocenters. The molecule has 2 aliphatic rings. The molecule has 0 spiro atoms. The Morgan fingerprint density at radius 3 is 2.44 bits per heavy atom. The lowest BCUT2D eigenvalue weighted by molar-refractivity contribution is 0.0901. The van der Waals surface area contributed by atoms with Gasteiger partial charge in [0.2, 0.25) is 0 Å². The van der Waals surface area contributed by atoms with E-state index in [2.05, 4.69) is 11.8 Å². The summed E-state index contributed by atoms with van der Waals surface area (Å²) in [7, 11) is 0. The number of nitrogens with zero attached hydrogens (tertiary/aromatic N) is 1. The van der Waals surface area contributed by atoms with Crippen LogP contribution in [0.4, 0.5) is 0 Å².